The Kier molecular flexibility index (Phi) is 4.90. The zero-order chi connectivity index (χ0) is 10.5. The average Bonchev–Trinajstić information content (AvgIpc) is 1.99. The number of hydrogen-bond acceptors (Lipinski definition) is 4. The highest BCUT2D eigenvalue weighted by molar-refractivity contribution is 5.85. The molecule has 0 aliphatic heterocycles. The van der Waals surface area contributed by atoms with Gasteiger partial charge < -0.3 is 21.5 Å². The van der Waals surface area contributed by atoms with Crippen LogP contribution in [0.5, 0.6) is 0 Å². The van der Waals surface area contributed by atoms with Gasteiger partial charge in [-0.25, -0.2) is 0 Å². The lowest BCUT2D eigenvalue weighted by molar-refractivity contribution is -0.126. The minimum Gasteiger partial charge on any atom is -0.364 e. The fraction of sp³-hybridized carbons (Fsp3) is 0.875. The summed E-state index contributed by atoms with van der Waals surface area (Å²) in [7, 11) is 0. The summed E-state index contributed by atoms with van der Waals surface area (Å²) in [6.45, 7) is 5.70. The van der Waals surface area contributed by atoms with Gasteiger partial charge in [-0.15, -0.1) is 0 Å². The molecule has 0 bridgehead atoms. The van der Waals surface area contributed by atoms with Gasteiger partial charge in [0.25, 0.3) is 0 Å². The molecule has 5 heteroatoms. The van der Waals surface area contributed by atoms with Crippen molar-refractivity contribution in [2.45, 2.75) is 32.4 Å². The molecule has 1 atom stereocenters. The molecule has 0 fully saturated rings. The van der Waals surface area contributed by atoms with Crippen molar-refractivity contribution in [1.82, 2.24) is 5.32 Å². The first-order valence-corrected chi connectivity index (χ1v) is 4.25. The molecule has 78 valence electrons. The molecule has 0 rings (SSSR count). The smallest absolute Gasteiger partial charge is 0.239 e. The molecule has 0 spiro atoms. The Bertz CT molecular complexity index is 165. The number of carbonyl (C=O) groups excluding carboxylic acids is 1. The molecule has 0 aliphatic rings. The highest BCUT2D eigenvalue weighted by Gasteiger charge is 2.22. The highest BCUT2D eigenvalue weighted by Crippen LogP contribution is 1.97. The summed E-state index contributed by atoms with van der Waals surface area (Å²) in [6.07, 6.45) is 0. The Balaban J connectivity index is 3.79. The van der Waals surface area contributed by atoms with Crippen molar-refractivity contribution in [3.05, 3.63) is 0 Å². The number of nitrogens with two attached hydrogens (primary N) is 2. The van der Waals surface area contributed by atoms with Gasteiger partial charge in [-0.1, -0.05) is 0 Å². The largest absolute Gasteiger partial charge is 0.364 e. The molecule has 0 heterocycles. The van der Waals surface area contributed by atoms with Gasteiger partial charge in [0.1, 0.15) is 0 Å². The summed E-state index contributed by atoms with van der Waals surface area (Å²) in [5.74, 6) is -0.194. The summed E-state index contributed by atoms with van der Waals surface area (Å²) >= 11 is 0. The van der Waals surface area contributed by atoms with Crippen molar-refractivity contribution in [2.75, 3.05) is 13.3 Å². The molecule has 13 heavy (non-hydrogen) atoms. The predicted octanol–water partition coefficient (Wildman–Crippen LogP) is -0.839. The molecule has 0 aromatic heterocycles. The van der Waals surface area contributed by atoms with Gasteiger partial charge in [0.2, 0.25) is 5.91 Å². The van der Waals surface area contributed by atoms with E-state index in [1.54, 1.807) is 13.8 Å². The van der Waals surface area contributed by atoms with Crippen LogP contribution in [0, 0.1) is 0 Å². The molecule has 5 nitrogen and oxygen atoms in total. The van der Waals surface area contributed by atoms with Crippen LogP contribution >= 0.6 is 0 Å². The van der Waals surface area contributed by atoms with Crippen LogP contribution in [0.3, 0.4) is 0 Å². The van der Waals surface area contributed by atoms with Gasteiger partial charge in [0.15, 0.2) is 0 Å². The lowest BCUT2D eigenvalue weighted by Gasteiger charge is -2.21. The van der Waals surface area contributed by atoms with Gasteiger partial charge in [-0.2, -0.15) is 0 Å². The van der Waals surface area contributed by atoms with Gasteiger partial charge >= 0.3 is 0 Å². The van der Waals surface area contributed by atoms with Crippen LogP contribution < -0.4 is 16.8 Å². The van der Waals surface area contributed by atoms with Gasteiger partial charge in [-0.05, 0) is 20.8 Å². The van der Waals surface area contributed by atoms with Crippen LogP contribution in [0.1, 0.15) is 20.8 Å². The molecule has 0 aliphatic carbocycles. The second-order valence-corrected chi connectivity index (χ2v) is 3.63. The molecule has 0 aromatic rings. The van der Waals surface area contributed by atoms with E-state index in [0.29, 0.717) is 6.61 Å². The number of ether oxygens (including phenoxy) is 1. The van der Waals surface area contributed by atoms with E-state index in [1.807, 2.05) is 6.92 Å². The molecule has 5 N–H and O–H groups in total. The zero-order valence-electron chi connectivity index (χ0n) is 8.46. The third-order valence-corrected chi connectivity index (χ3v) is 1.45. The van der Waals surface area contributed by atoms with Gasteiger partial charge in [-0.3, -0.25) is 4.79 Å². The predicted molar refractivity (Wildman–Crippen MR) is 50.9 cm³/mol. The maximum atomic E-state index is 11.3. The fourth-order valence-electron chi connectivity index (χ4n) is 0.696. The number of carbonyl (C=O) groups is 1. The molecule has 0 saturated carbocycles. The molecule has 0 radical (unpaired) electrons. The van der Waals surface area contributed by atoms with E-state index in [2.05, 4.69) is 5.32 Å². The minimum absolute atomic E-state index is 0.0705. The van der Waals surface area contributed by atoms with E-state index in [0.717, 1.165) is 0 Å². The Morgan fingerprint density at radius 1 is 1.62 bits per heavy atom. The van der Waals surface area contributed by atoms with E-state index in [4.69, 9.17) is 16.2 Å². The topological polar surface area (TPSA) is 90.4 Å². The van der Waals surface area contributed by atoms with Crippen LogP contribution in [0.4, 0.5) is 0 Å². The van der Waals surface area contributed by atoms with E-state index < -0.39 is 5.54 Å². The van der Waals surface area contributed by atoms with E-state index in [1.165, 1.54) is 0 Å². The SMILES string of the molecule is CC(COCN)NC(=O)C(C)(C)N. The van der Waals surface area contributed by atoms with Crippen molar-refractivity contribution in [2.24, 2.45) is 11.5 Å². The van der Waals surface area contributed by atoms with E-state index in [9.17, 15) is 4.79 Å². The summed E-state index contributed by atoms with van der Waals surface area (Å²) < 4.78 is 4.93. The normalized spacial score (nSPS) is 13.9. The Labute approximate surface area is 78.8 Å². The third kappa shape index (κ3) is 5.57. The first-order valence-electron chi connectivity index (χ1n) is 4.25. The van der Waals surface area contributed by atoms with Crippen LogP contribution in [-0.4, -0.2) is 30.8 Å². The van der Waals surface area contributed by atoms with Crippen molar-refractivity contribution >= 4 is 5.91 Å². The van der Waals surface area contributed by atoms with Crippen LogP contribution in [0.25, 0.3) is 0 Å². The Hall–Kier alpha value is -0.650. The lowest BCUT2D eigenvalue weighted by atomic mass is 10.1. The lowest BCUT2D eigenvalue weighted by Crippen LogP contribution is -2.52. The fourth-order valence-corrected chi connectivity index (χ4v) is 0.696. The summed E-state index contributed by atoms with van der Waals surface area (Å²) in [4.78, 5) is 11.3. The van der Waals surface area contributed by atoms with Crippen molar-refractivity contribution in [3.63, 3.8) is 0 Å². The number of rotatable bonds is 5. The van der Waals surface area contributed by atoms with E-state index in [-0.39, 0.29) is 18.7 Å². The van der Waals surface area contributed by atoms with Crippen molar-refractivity contribution < 1.29 is 9.53 Å². The van der Waals surface area contributed by atoms with Crippen LogP contribution in [0.15, 0.2) is 0 Å². The van der Waals surface area contributed by atoms with Gasteiger partial charge in [0, 0.05) is 6.04 Å². The quantitative estimate of drug-likeness (QED) is 0.492. The first kappa shape index (κ1) is 12.3. The number of hydrogen-bond donors (Lipinski definition) is 3. The summed E-state index contributed by atoms with van der Waals surface area (Å²) in [6, 6.07) is -0.0705. The maximum absolute atomic E-state index is 11.3. The molecule has 1 amide bonds. The average molecular weight is 189 g/mol. The van der Waals surface area contributed by atoms with Crippen molar-refractivity contribution in [3.8, 4) is 0 Å². The molecular weight excluding hydrogens is 170 g/mol. The molecular formula is C8H19N3O2. The first-order chi connectivity index (χ1) is 5.88. The van der Waals surface area contributed by atoms with Crippen LogP contribution in [0.2, 0.25) is 0 Å². The minimum atomic E-state index is -0.850. The Morgan fingerprint density at radius 2 is 2.15 bits per heavy atom. The number of amides is 1. The second kappa shape index (κ2) is 5.16. The molecule has 1 unspecified atom stereocenters. The Morgan fingerprint density at radius 3 is 2.54 bits per heavy atom. The molecule has 0 aromatic carbocycles. The summed E-state index contributed by atoms with van der Waals surface area (Å²) in [5.41, 5.74) is 9.86. The monoisotopic (exact) mass is 189 g/mol. The summed E-state index contributed by atoms with van der Waals surface area (Å²) in [5, 5.41) is 2.71. The number of nitrogens with one attached hydrogen (secondary N) is 1. The molecule has 0 saturated heterocycles. The standard InChI is InChI=1S/C8H19N3O2/c1-6(4-13-5-9)11-7(12)8(2,3)10/h6H,4-5,9-10H2,1-3H3,(H,11,12). The van der Waals surface area contributed by atoms with Gasteiger partial charge in [0.05, 0.1) is 18.9 Å². The van der Waals surface area contributed by atoms with E-state index >= 15 is 0 Å². The second-order valence-electron chi connectivity index (χ2n) is 3.63. The maximum Gasteiger partial charge on any atom is 0.239 e. The van der Waals surface area contributed by atoms with Crippen molar-refractivity contribution in [1.29, 1.82) is 0 Å². The zero-order valence-corrected chi connectivity index (χ0v) is 8.46. The highest BCUT2D eigenvalue weighted by atomic mass is 16.5. The third-order valence-electron chi connectivity index (χ3n) is 1.45. The van der Waals surface area contributed by atoms with Crippen LogP contribution in [-0.2, 0) is 9.53 Å².